The summed E-state index contributed by atoms with van der Waals surface area (Å²) >= 11 is 0. The highest BCUT2D eigenvalue weighted by molar-refractivity contribution is 5.77. The number of aromatic nitrogens is 5. The maximum atomic E-state index is 13.9. The number of benzene rings is 2. The molecule has 2 atom stereocenters. The molecule has 2 aromatic heterocycles. The van der Waals surface area contributed by atoms with E-state index < -0.39 is 11.4 Å². The lowest BCUT2D eigenvalue weighted by atomic mass is 9.78. The molecule has 2 fully saturated rings. The number of hydrogen-bond acceptors (Lipinski definition) is 7. The highest BCUT2D eigenvalue weighted by Crippen LogP contribution is 2.41. The number of ether oxygens (including phenoxy) is 1. The Hall–Kier alpha value is -4.77. The first-order valence-corrected chi connectivity index (χ1v) is 12.4. The van der Waals surface area contributed by atoms with Gasteiger partial charge < -0.3 is 9.30 Å². The van der Waals surface area contributed by atoms with Gasteiger partial charge in [0.2, 0.25) is 0 Å². The second kappa shape index (κ2) is 9.27. The van der Waals surface area contributed by atoms with E-state index in [2.05, 4.69) is 25.9 Å². The summed E-state index contributed by atoms with van der Waals surface area (Å²) in [6.45, 7) is 1.41. The predicted octanol–water partition coefficient (Wildman–Crippen LogP) is 4.08. The number of halogens is 1. The third-order valence-electron chi connectivity index (χ3n) is 7.32. The summed E-state index contributed by atoms with van der Waals surface area (Å²) in [5.74, 6) is -0.245. The summed E-state index contributed by atoms with van der Waals surface area (Å²) in [4.78, 5) is 18.9. The van der Waals surface area contributed by atoms with Crippen molar-refractivity contribution in [3.05, 3.63) is 71.6 Å². The number of nitrogens with zero attached hydrogens (tertiary/aromatic N) is 8. The van der Waals surface area contributed by atoms with Crippen LogP contribution in [0.5, 0.6) is 0 Å². The van der Waals surface area contributed by atoms with Crippen LogP contribution < -0.4 is 0 Å². The Balaban J connectivity index is 1.14. The van der Waals surface area contributed by atoms with E-state index in [1.165, 1.54) is 16.8 Å². The van der Waals surface area contributed by atoms with E-state index in [1.54, 1.807) is 17.2 Å². The van der Waals surface area contributed by atoms with E-state index in [4.69, 9.17) is 10.00 Å². The molecular formula is C27H23FN8O2. The first kappa shape index (κ1) is 23.6. The van der Waals surface area contributed by atoms with Crippen molar-refractivity contribution in [2.75, 3.05) is 6.54 Å². The smallest absolute Gasteiger partial charge is 0.410 e. The fourth-order valence-corrected chi connectivity index (χ4v) is 5.66. The van der Waals surface area contributed by atoms with Gasteiger partial charge in [0.15, 0.2) is 0 Å². The molecule has 0 bridgehead atoms. The molecule has 190 valence electrons. The lowest BCUT2D eigenvalue weighted by Gasteiger charge is -2.36. The van der Waals surface area contributed by atoms with Gasteiger partial charge in [0.1, 0.15) is 17.1 Å². The summed E-state index contributed by atoms with van der Waals surface area (Å²) in [5.41, 5.74) is 2.91. The fourth-order valence-electron chi connectivity index (χ4n) is 5.66. The van der Waals surface area contributed by atoms with Crippen molar-refractivity contribution >= 4 is 17.1 Å². The van der Waals surface area contributed by atoms with Gasteiger partial charge in [0.25, 0.3) is 0 Å². The average molecular weight is 511 g/mol. The number of amides is 1. The molecule has 0 unspecified atom stereocenters. The number of carbonyl (C=O) groups is 1. The summed E-state index contributed by atoms with van der Waals surface area (Å²) in [7, 11) is 0. The molecule has 4 aromatic rings. The molecule has 1 saturated carbocycles. The van der Waals surface area contributed by atoms with Crippen LogP contribution in [-0.4, -0.2) is 47.7 Å². The van der Waals surface area contributed by atoms with Crippen molar-refractivity contribution < 1.29 is 13.9 Å². The van der Waals surface area contributed by atoms with Crippen LogP contribution in [0.1, 0.15) is 42.5 Å². The number of carbonyl (C=O) groups excluding carboxylic acids is 1. The molecule has 10 nitrogen and oxygen atoms in total. The maximum absolute atomic E-state index is 13.9. The van der Waals surface area contributed by atoms with Crippen molar-refractivity contribution in [3.8, 4) is 17.8 Å². The molecule has 0 radical (unpaired) electrons. The normalized spacial score (nSPS) is 21.0. The quantitative estimate of drug-likeness (QED) is 0.396. The van der Waals surface area contributed by atoms with E-state index in [1.807, 2.05) is 24.5 Å². The standard InChI is InChI=1S/C27H23FN8O2/c28-21-6-20(12-30)7-23(9-21)36-15-22(32-33-36)14-34-16-27(38-26(34)37)5-1-2-19(10-27)13-35-17-31-24-4-3-18(11-29)8-25(24)35/h3-4,6-9,15,17,19H,1-2,5,10,13-14,16H2/t19-,27-/m0/s1. The molecule has 0 N–H and O–H groups in total. The van der Waals surface area contributed by atoms with Crippen LogP contribution in [0.25, 0.3) is 16.7 Å². The van der Waals surface area contributed by atoms with Gasteiger partial charge in [-0.25, -0.2) is 18.9 Å². The number of hydrogen-bond donors (Lipinski definition) is 0. The Labute approximate surface area is 217 Å². The van der Waals surface area contributed by atoms with Gasteiger partial charge in [-0.2, -0.15) is 10.5 Å². The van der Waals surface area contributed by atoms with Crippen molar-refractivity contribution in [2.45, 2.75) is 44.4 Å². The second-order valence-electron chi connectivity index (χ2n) is 10.0. The Kier molecular flexibility index (Phi) is 5.76. The minimum Gasteiger partial charge on any atom is -0.441 e. The first-order valence-electron chi connectivity index (χ1n) is 12.4. The van der Waals surface area contributed by atoms with E-state index in [0.717, 1.165) is 49.3 Å². The Morgan fingerprint density at radius 3 is 2.87 bits per heavy atom. The Bertz CT molecular complexity index is 1630. The lowest BCUT2D eigenvalue weighted by molar-refractivity contribution is 0.00415. The third-order valence-corrected chi connectivity index (χ3v) is 7.32. The summed E-state index contributed by atoms with van der Waals surface area (Å²) in [6.07, 6.45) is 6.54. The highest BCUT2D eigenvalue weighted by atomic mass is 19.1. The van der Waals surface area contributed by atoms with Gasteiger partial charge in [-0.3, -0.25) is 4.90 Å². The molecule has 1 saturated heterocycles. The molecule has 1 spiro atoms. The van der Waals surface area contributed by atoms with Crippen LogP contribution >= 0.6 is 0 Å². The zero-order chi connectivity index (χ0) is 26.3. The van der Waals surface area contributed by atoms with Crippen molar-refractivity contribution in [1.29, 1.82) is 10.5 Å². The van der Waals surface area contributed by atoms with E-state index in [9.17, 15) is 14.4 Å². The number of imidazole rings is 1. The van der Waals surface area contributed by atoms with E-state index >= 15 is 0 Å². The fraction of sp³-hybridized carbons (Fsp3) is 0.333. The first-order chi connectivity index (χ1) is 18.4. The largest absolute Gasteiger partial charge is 0.441 e. The van der Waals surface area contributed by atoms with Gasteiger partial charge in [0, 0.05) is 6.54 Å². The van der Waals surface area contributed by atoms with Crippen molar-refractivity contribution in [1.82, 2.24) is 29.4 Å². The molecule has 2 aliphatic rings. The maximum Gasteiger partial charge on any atom is 0.410 e. The average Bonchev–Trinajstić information content (AvgIpc) is 3.62. The minimum absolute atomic E-state index is 0.183. The van der Waals surface area contributed by atoms with Crippen LogP contribution in [0.4, 0.5) is 9.18 Å². The van der Waals surface area contributed by atoms with Crippen LogP contribution in [0.15, 0.2) is 48.9 Å². The third kappa shape index (κ3) is 4.43. The van der Waals surface area contributed by atoms with Crippen LogP contribution in [0.3, 0.4) is 0 Å². The monoisotopic (exact) mass is 510 g/mol. The predicted molar refractivity (Wildman–Crippen MR) is 132 cm³/mol. The van der Waals surface area contributed by atoms with E-state index in [-0.39, 0.29) is 18.2 Å². The molecule has 6 rings (SSSR count). The zero-order valence-electron chi connectivity index (χ0n) is 20.4. The second-order valence-corrected chi connectivity index (χ2v) is 10.0. The molecule has 1 aliphatic heterocycles. The molecular weight excluding hydrogens is 487 g/mol. The number of rotatable bonds is 5. The molecule has 1 aliphatic carbocycles. The van der Waals surface area contributed by atoms with E-state index in [0.29, 0.717) is 29.4 Å². The van der Waals surface area contributed by atoms with Gasteiger partial charge in [-0.05, 0) is 68.0 Å². The van der Waals surface area contributed by atoms with Crippen molar-refractivity contribution in [3.63, 3.8) is 0 Å². The highest BCUT2D eigenvalue weighted by Gasteiger charge is 2.48. The molecule has 3 heterocycles. The molecule has 2 aromatic carbocycles. The number of fused-ring (bicyclic) bond motifs is 1. The lowest BCUT2D eigenvalue weighted by Crippen LogP contribution is -2.40. The Morgan fingerprint density at radius 1 is 1.16 bits per heavy atom. The molecule has 11 heteroatoms. The summed E-state index contributed by atoms with van der Waals surface area (Å²) in [5, 5.41) is 26.6. The minimum atomic E-state index is -0.561. The summed E-state index contributed by atoms with van der Waals surface area (Å²) in [6, 6.07) is 13.5. The van der Waals surface area contributed by atoms with Gasteiger partial charge in [-0.15, -0.1) is 5.10 Å². The van der Waals surface area contributed by atoms with Crippen molar-refractivity contribution in [2.24, 2.45) is 5.92 Å². The zero-order valence-corrected chi connectivity index (χ0v) is 20.4. The topological polar surface area (TPSA) is 126 Å². The van der Waals surface area contributed by atoms with Crippen LogP contribution in [-0.2, 0) is 17.8 Å². The molecule has 38 heavy (non-hydrogen) atoms. The summed E-state index contributed by atoms with van der Waals surface area (Å²) < 4.78 is 23.3. The Morgan fingerprint density at radius 2 is 2.03 bits per heavy atom. The van der Waals surface area contributed by atoms with Gasteiger partial charge in [-0.1, -0.05) is 5.21 Å². The number of nitriles is 2. The van der Waals surface area contributed by atoms with Gasteiger partial charge >= 0.3 is 6.09 Å². The molecule has 1 amide bonds. The van der Waals surface area contributed by atoms with Crippen LogP contribution in [0, 0.1) is 34.4 Å². The SMILES string of the molecule is N#Cc1cc(F)cc(-n2cc(CN3C[C@@]4(CCC[C@H](Cn5cnc6ccc(C#N)cc65)C4)OC3=O)nn2)c1. The van der Waals surface area contributed by atoms with Crippen LogP contribution in [0.2, 0.25) is 0 Å². The van der Waals surface area contributed by atoms with Gasteiger partial charge in [0.05, 0.1) is 65.6 Å².